The van der Waals surface area contributed by atoms with E-state index in [2.05, 4.69) is 22.2 Å². The van der Waals surface area contributed by atoms with Crippen LogP contribution in [0.5, 0.6) is 0 Å². The summed E-state index contributed by atoms with van der Waals surface area (Å²) in [4.78, 5) is 7.40. The maximum Gasteiger partial charge on any atom is 0.200 e. The molecule has 0 aliphatic rings. The van der Waals surface area contributed by atoms with Crippen molar-refractivity contribution in [1.29, 1.82) is 0 Å². The number of aromatic amines is 1. The first-order valence-electron chi connectivity index (χ1n) is 3.51. The molecule has 2 N–H and O–H groups in total. The number of aryl methyl sites for hydroxylation is 2. The third kappa shape index (κ3) is 1.12. The summed E-state index contributed by atoms with van der Waals surface area (Å²) in [6.45, 7) is 4.13. The first-order chi connectivity index (χ1) is 4.77. The molecule has 0 aromatic carbocycles. The van der Waals surface area contributed by atoms with Crippen molar-refractivity contribution in [3.8, 4) is 0 Å². The van der Waals surface area contributed by atoms with Gasteiger partial charge in [-0.15, -0.1) is 0 Å². The van der Waals surface area contributed by atoms with E-state index < -0.39 is 0 Å². The molecule has 56 valence electrons. The predicted molar refractivity (Wildman–Crippen MR) is 42.2 cm³/mol. The zero-order valence-electron chi connectivity index (χ0n) is 6.65. The van der Waals surface area contributed by atoms with Gasteiger partial charge in [0.1, 0.15) is 0 Å². The van der Waals surface area contributed by atoms with Gasteiger partial charge in [-0.25, -0.2) is 4.98 Å². The summed E-state index contributed by atoms with van der Waals surface area (Å²) in [5, 5.41) is 2.96. The topological polar surface area (TPSA) is 40.7 Å². The van der Waals surface area contributed by atoms with E-state index in [1.54, 1.807) is 0 Å². The van der Waals surface area contributed by atoms with Crippen molar-refractivity contribution in [3.63, 3.8) is 0 Å². The molecule has 3 nitrogen and oxygen atoms in total. The van der Waals surface area contributed by atoms with Crippen molar-refractivity contribution in [2.24, 2.45) is 0 Å². The fourth-order valence-corrected chi connectivity index (χ4v) is 0.959. The summed E-state index contributed by atoms with van der Waals surface area (Å²) in [7, 11) is 1.86. The van der Waals surface area contributed by atoms with E-state index in [9.17, 15) is 0 Å². The quantitative estimate of drug-likeness (QED) is 0.648. The molecular weight excluding hydrogens is 126 g/mol. The van der Waals surface area contributed by atoms with E-state index in [1.807, 2.05) is 14.0 Å². The summed E-state index contributed by atoms with van der Waals surface area (Å²) >= 11 is 0. The molecular formula is C7H13N3. The van der Waals surface area contributed by atoms with Crippen molar-refractivity contribution in [3.05, 3.63) is 11.4 Å². The zero-order valence-corrected chi connectivity index (χ0v) is 6.65. The average Bonchev–Trinajstić information content (AvgIpc) is 2.30. The minimum Gasteiger partial charge on any atom is -0.359 e. The third-order valence-corrected chi connectivity index (χ3v) is 1.56. The Morgan fingerprint density at radius 3 is 2.60 bits per heavy atom. The summed E-state index contributed by atoms with van der Waals surface area (Å²) in [5.74, 6) is 0.856. The van der Waals surface area contributed by atoms with Crippen LogP contribution in [-0.4, -0.2) is 17.0 Å². The van der Waals surface area contributed by atoms with Gasteiger partial charge in [-0.1, -0.05) is 6.92 Å². The molecule has 0 fully saturated rings. The van der Waals surface area contributed by atoms with Crippen LogP contribution in [0.2, 0.25) is 0 Å². The second kappa shape index (κ2) is 2.73. The molecule has 0 atom stereocenters. The number of H-pyrrole nitrogens is 1. The van der Waals surface area contributed by atoms with Gasteiger partial charge in [-0.3, -0.25) is 0 Å². The molecule has 0 aliphatic carbocycles. The van der Waals surface area contributed by atoms with Crippen LogP contribution in [0.15, 0.2) is 0 Å². The van der Waals surface area contributed by atoms with E-state index in [4.69, 9.17) is 0 Å². The molecule has 0 spiro atoms. The summed E-state index contributed by atoms with van der Waals surface area (Å²) in [5.41, 5.74) is 2.30. The number of aromatic nitrogens is 2. The summed E-state index contributed by atoms with van der Waals surface area (Å²) in [6.07, 6.45) is 0.990. The predicted octanol–water partition coefficient (Wildman–Crippen LogP) is 1.32. The number of hydrogen-bond donors (Lipinski definition) is 2. The Hall–Kier alpha value is -0.990. The molecule has 1 rings (SSSR count). The largest absolute Gasteiger partial charge is 0.359 e. The highest BCUT2D eigenvalue weighted by Crippen LogP contribution is 2.07. The molecule has 0 saturated carbocycles. The van der Waals surface area contributed by atoms with Gasteiger partial charge in [0.15, 0.2) is 5.95 Å². The van der Waals surface area contributed by atoms with Crippen LogP contribution in [0.3, 0.4) is 0 Å². The first kappa shape index (κ1) is 7.12. The molecule has 0 radical (unpaired) electrons. The second-order valence-electron chi connectivity index (χ2n) is 2.26. The normalized spacial score (nSPS) is 9.90. The molecule has 1 aromatic heterocycles. The second-order valence-corrected chi connectivity index (χ2v) is 2.26. The summed E-state index contributed by atoms with van der Waals surface area (Å²) < 4.78 is 0. The van der Waals surface area contributed by atoms with Crippen LogP contribution in [0, 0.1) is 6.92 Å². The average molecular weight is 139 g/mol. The lowest BCUT2D eigenvalue weighted by molar-refractivity contribution is 1.04. The third-order valence-electron chi connectivity index (χ3n) is 1.56. The van der Waals surface area contributed by atoms with Crippen LogP contribution in [0.4, 0.5) is 5.95 Å². The molecule has 1 aromatic rings. The minimum atomic E-state index is 0.856. The van der Waals surface area contributed by atoms with Gasteiger partial charge in [-0.05, 0) is 13.3 Å². The van der Waals surface area contributed by atoms with Crippen molar-refractivity contribution in [1.82, 2.24) is 9.97 Å². The van der Waals surface area contributed by atoms with Crippen LogP contribution >= 0.6 is 0 Å². The van der Waals surface area contributed by atoms with E-state index in [0.29, 0.717) is 0 Å². The van der Waals surface area contributed by atoms with Gasteiger partial charge in [0.25, 0.3) is 0 Å². The molecule has 1 heterocycles. The van der Waals surface area contributed by atoms with E-state index in [1.165, 1.54) is 0 Å². The Labute approximate surface area is 60.9 Å². The lowest BCUT2D eigenvalue weighted by Crippen LogP contribution is -1.89. The van der Waals surface area contributed by atoms with E-state index in [0.717, 1.165) is 23.8 Å². The monoisotopic (exact) mass is 139 g/mol. The van der Waals surface area contributed by atoms with Crippen LogP contribution < -0.4 is 5.32 Å². The maximum absolute atomic E-state index is 4.28. The van der Waals surface area contributed by atoms with Crippen LogP contribution in [0.25, 0.3) is 0 Å². The first-order valence-corrected chi connectivity index (χ1v) is 3.51. The Morgan fingerprint density at radius 2 is 2.30 bits per heavy atom. The van der Waals surface area contributed by atoms with E-state index in [-0.39, 0.29) is 0 Å². The molecule has 10 heavy (non-hydrogen) atoms. The Kier molecular flexibility index (Phi) is 1.94. The highest BCUT2D eigenvalue weighted by atomic mass is 15.1. The molecule has 0 amide bonds. The van der Waals surface area contributed by atoms with Crippen molar-refractivity contribution >= 4 is 5.95 Å². The number of rotatable bonds is 2. The van der Waals surface area contributed by atoms with Crippen LogP contribution in [-0.2, 0) is 6.42 Å². The summed E-state index contributed by atoms with van der Waals surface area (Å²) in [6, 6.07) is 0. The Morgan fingerprint density at radius 1 is 1.60 bits per heavy atom. The van der Waals surface area contributed by atoms with Gasteiger partial charge in [0.05, 0.1) is 5.69 Å². The Balaban J connectivity index is 2.92. The van der Waals surface area contributed by atoms with Gasteiger partial charge < -0.3 is 10.3 Å². The Bertz CT molecular complexity index is 215. The fourth-order valence-electron chi connectivity index (χ4n) is 0.959. The minimum absolute atomic E-state index is 0.856. The highest BCUT2D eigenvalue weighted by Gasteiger charge is 2.00. The van der Waals surface area contributed by atoms with Gasteiger partial charge >= 0.3 is 0 Å². The zero-order chi connectivity index (χ0) is 7.56. The number of imidazole rings is 1. The number of hydrogen-bond acceptors (Lipinski definition) is 2. The smallest absolute Gasteiger partial charge is 0.200 e. The van der Waals surface area contributed by atoms with Gasteiger partial charge in [0, 0.05) is 12.7 Å². The maximum atomic E-state index is 4.28. The van der Waals surface area contributed by atoms with Crippen molar-refractivity contribution < 1.29 is 0 Å². The standard InChI is InChI=1S/C7H13N3/c1-4-6-5(2)9-7(8-3)10-6/h4H2,1-3H3,(H2,8,9,10). The van der Waals surface area contributed by atoms with E-state index >= 15 is 0 Å². The van der Waals surface area contributed by atoms with Gasteiger partial charge in [0.2, 0.25) is 0 Å². The number of anilines is 1. The number of nitrogens with zero attached hydrogens (tertiary/aromatic N) is 1. The SMILES string of the molecule is CCc1nc(NC)[nH]c1C. The highest BCUT2D eigenvalue weighted by molar-refractivity contribution is 5.29. The molecule has 3 heteroatoms. The molecule has 0 saturated heterocycles. The van der Waals surface area contributed by atoms with Gasteiger partial charge in [-0.2, -0.15) is 0 Å². The van der Waals surface area contributed by atoms with Crippen molar-refractivity contribution in [2.75, 3.05) is 12.4 Å². The lowest BCUT2D eigenvalue weighted by Gasteiger charge is -1.87. The number of nitrogens with one attached hydrogen (secondary N) is 2. The molecule has 0 aliphatic heterocycles. The fraction of sp³-hybridized carbons (Fsp3) is 0.571. The lowest BCUT2D eigenvalue weighted by atomic mass is 10.3. The van der Waals surface area contributed by atoms with Crippen molar-refractivity contribution in [2.45, 2.75) is 20.3 Å². The molecule has 0 unspecified atom stereocenters. The molecule has 0 bridgehead atoms. The van der Waals surface area contributed by atoms with Crippen LogP contribution in [0.1, 0.15) is 18.3 Å².